The summed E-state index contributed by atoms with van der Waals surface area (Å²) in [6.45, 7) is 8.38. The van der Waals surface area contributed by atoms with Crippen molar-refractivity contribution in [1.29, 1.82) is 0 Å². The van der Waals surface area contributed by atoms with E-state index >= 15 is 0 Å². The van der Waals surface area contributed by atoms with E-state index in [4.69, 9.17) is 8.83 Å². The molecule has 0 saturated carbocycles. The normalized spacial score (nSPS) is 11.4. The van der Waals surface area contributed by atoms with Gasteiger partial charge in [0.1, 0.15) is 16.9 Å². The first kappa shape index (κ1) is 20.9. The maximum atomic E-state index is 12.7. The number of carbonyl (C=O) groups excluding carboxylic acids is 1. The highest BCUT2D eigenvalue weighted by Gasteiger charge is 2.19. The summed E-state index contributed by atoms with van der Waals surface area (Å²) in [7, 11) is 0. The summed E-state index contributed by atoms with van der Waals surface area (Å²) in [5, 5.41) is 4.86. The quantitative estimate of drug-likeness (QED) is 0.445. The molecule has 4 aromatic rings. The number of aryl methyl sites for hydroxylation is 4. The standard InChI is InChI=1S/C26H27NO4/c1-15-18(4)30-24-17(3)25-22(14-21(15)24)16(2)20(26(29)31-25)10-11-23(28)27-13-12-19-8-6-5-7-9-19/h5-9,14H,10-13H2,1-4H3,(H,27,28). The van der Waals surface area contributed by atoms with Gasteiger partial charge < -0.3 is 14.2 Å². The van der Waals surface area contributed by atoms with E-state index in [0.717, 1.165) is 45.2 Å². The van der Waals surface area contributed by atoms with Gasteiger partial charge in [-0.15, -0.1) is 0 Å². The van der Waals surface area contributed by atoms with Gasteiger partial charge in [0, 0.05) is 34.9 Å². The Balaban J connectivity index is 1.53. The van der Waals surface area contributed by atoms with Crippen molar-refractivity contribution in [2.45, 2.75) is 47.0 Å². The molecule has 0 fully saturated rings. The van der Waals surface area contributed by atoms with E-state index in [1.54, 1.807) is 0 Å². The zero-order valence-corrected chi connectivity index (χ0v) is 18.4. The van der Waals surface area contributed by atoms with Crippen LogP contribution in [0, 0.1) is 27.7 Å². The molecular formula is C26H27NO4. The van der Waals surface area contributed by atoms with Crippen LogP contribution in [-0.2, 0) is 17.6 Å². The Kier molecular flexibility index (Phi) is 5.68. The number of nitrogens with one attached hydrogen (secondary N) is 1. The van der Waals surface area contributed by atoms with Gasteiger partial charge in [-0.1, -0.05) is 30.3 Å². The van der Waals surface area contributed by atoms with Crippen LogP contribution in [0.3, 0.4) is 0 Å². The number of fused-ring (bicyclic) bond motifs is 2. The van der Waals surface area contributed by atoms with E-state index in [-0.39, 0.29) is 18.0 Å². The zero-order valence-electron chi connectivity index (χ0n) is 18.4. The first-order chi connectivity index (χ1) is 14.9. The number of carbonyl (C=O) groups is 1. The average molecular weight is 418 g/mol. The molecule has 0 aliphatic heterocycles. The molecule has 0 bridgehead atoms. The van der Waals surface area contributed by atoms with Crippen LogP contribution in [0.25, 0.3) is 21.9 Å². The smallest absolute Gasteiger partial charge is 0.339 e. The van der Waals surface area contributed by atoms with Crippen molar-refractivity contribution >= 4 is 27.8 Å². The SMILES string of the molecule is Cc1oc2c(C)c3oc(=O)c(CCC(=O)NCCc4ccccc4)c(C)c3cc2c1C. The van der Waals surface area contributed by atoms with E-state index in [2.05, 4.69) is 5.32 Å². The van der Waals surface area contributed by atoms with Crippen LogP contribution in [0.2, 0.25) is 0 Å². The van der Waals surface area contributed by atoms with E-state index in [1.165, 1.54) is 5.56 Å². The number of rotatable bonds is 6. The Morgan fingerprint density at radius 2 is 1.55 bits per heavy atom. The summed E-state index contributed by atoms with van der Waals surface area (Å²) in [6.07, 6.45) is 1.38. The minimum atomic E-state index is -0.385. The number of hydrogen-bond acceptors (Lipinski definition) is 4. The monoisotopic (exact) mass is 417 g/mol. The van der Waals surface area contributed by atoms with Crippen molar-refractivity contribution in [3.05, 3.63) is 80.4 Å². The van der Waals surface area contributed by atoms with Crippen LogP contribution >= 0.6 is 0 Å². The summed E-state index contributed by atoms with van der Waals surface area (Å²) in [5.41, 5.74) is 5.45. The summed E-state index contributed by atoms with van der Waals surface area (Å²) >= 11 is 0. The van der Waals surface area contributed by atoms with Gasteiger partial charge in [0.15, 0.2) is 0 Å². The molecule has 1 amide bonds. The molecule has 0 radical (unpaired) electrons. The summed E-state index contributed by atoms with van der Waals surface area (Å²) in [6, 6.07) is 12.1. The highest BCUT2D eigenvalue weighted by Crippen LogP contribution is 2.34. The molecule has 5 nitrogen and oxygen atoms in total. The van der Waals surface area contributed by atoms with Crippen molar-refractivity contribution in [3.8, 4) is 0 Å². The van der Waals surface area contributed by atoms with Gasteiger partial charge in [-0.05, 0) is 63.3 Å². The topological polar surface area (TPSA) is 72.5 Å². The van der Waals surface area contributed by atoms with E-state index in [0.29, 0.717) is 24.1 Å². The molecule has 1 N–H and O–H groups in total. The van der Waals surface area contributed by atoms with Gasteiger partial charge >= 0.3 is 5.63 Å². The molecule has 0 aliphatic carbocycles. The third-order valence-corrected chi connectivity index (χ3v) is 6.12. The Labute approximate surface area is 181 Å². The lowest BCUT2D eigenvalue weighted by atomic mass is 9.98. The van der Waals surface area contributed by atoms with Gasteiger partial charge in [0.05, 0.1) is 0 Å². The highest BCUT2D eigenvalue weighted by atomic mass is 16.4. The van der Waals surface area contributed by atoms with Crippen LogP contribution in [0.1, 0.15) is 40.0 Å². The molecular weight excluding hydrogens is 390 g/mol. The summed E-state index contributed by atoms with van der Waals surface area (Å²) in [4.78, 5) is 25.0. The van der Waals surface area contributed by atoms with E-state index in [9.17, 15) is 9.59 Å². The maximum absolute atomic E-state index is 12.7. The van der Waals surface area contributed by atoms with Crippen molar-refractivity contribution in [2.24, 2.45) is 0 Å². The largest absolute Gasteiger partial charge is 0.461 e. The van der Waals surface area contributed by atoms with Gasteiger partial charge in [0.2, 0.25) is 5.91 Å². The molecule has 0 atom stereocenters. The Morgan fingerprint density at radius 1 is 0.871 bits per heavy atom. The van der Waals surface area contributed by atoms with Crippen LogP contribution in [-0.4, -0.2) is 12.5 Å². The van der Waals surface area contributed by atoms with Gasteiger partial charge in [0.25, 0.3) is 0 Å². The Bertz CT molecular complexity index is 1330. The van der Waals surface area contributed by atoms with Gasteiger partial charge in [-0.3, -0.25) is 4.79 Å². The fourth-order valence-corrected chi connectivity index (χ4v) is 4.10. The third kappa shape index (κ3) is 4.00. The van der Waals surface area contributed by atoms with Crippen LogP contribution in [0.4, 0.5) is 0 Å². The van der Waals surface area contributed by atoms with Crippen LogP contribution in [0.5, 0.6) is 0 Å². The molecule has 4 rings (SSSR count). The second kappa shape index (κ2) is 8.42. The first-order valence-corrected chi connectivity index (χ1v) is 10.6. The predicted molar refractivity (Wildman–Crippen MR) is 123 cm³/mol. The average Bonchev–Trinajstić information content (AvgIpc) is 3.04. The molecule has 2 heterocycles. The molecule has 0 unspecified atom stereocenters. The first-order valence-electron chi connectivity index (χ1n) is 10.6. The van der Waals surface area contributed by atoms with Crippen LogP contribution < -0.4 is 10.9 Å². The lowest BCUT2D eigenvalue weighted by Gasteiger charge is -2.10. The number of hydrogen-bond donors (Lipinski definition) is 1. The third-order valence-electron chi connectivity index (χ3n) is 6.12. The van der Waals surface area contributed by atoms with Crippen LogP contribution in [0.15, 0.2) is 50.0 Å². The lowest BCUT2D eigenvalue weighted by molar-refractivity contribution is -0.121. The van der Waals surface area contributed by atoms with Crippen molar-refractivity contribution in [3.63, 3.8) is 0 Å². The molecule has 2 aromatic carbocycles. The fraction of sp³-hybridized carbons (Fsp3) is 0.308. The van der Waals surface area contributed by atoms with Crippen molar-refractivity contribution in [1.82, 2.24) is 5.32 Å². The van der Waals surface area contributed by atoms with Crippen molar-refractivity contribution < 1.29 is 13.6 Å². The zero-order chi connectivity index (χ0) is 22.1. The molecule has 0 saturated heterocycles. The van der Waals surface area contributed by atoms with Gasteiger partial charge in [-0.25, -0.2) is 4.79 Å². The predicted octanol–water partition coefficient (Wildman–Crippen LogP) is 5.06. The summed E-state index contributed by atoms with van der Waals surface area (Å²) in [5.74, 6) is 0.795. The number of amides is 1. The molecule has 160 valence electrons. The molecule has 2 aromatic heterocycles. The maximum Gasteiger partial charge on any atom is 0.339 e. The minimum absolute atomic E-state index is 0.0669. The fourth-order valence-electron chi connectivity index (χ4n) is 4.10. The van der Waals surface area contributed by atoms with Gasteiger partial charge in [-0.2, -0.15) is 0 Å². The lowest BCUT2D eigenvalue weighted by Crippen LogP contribution is -2.26. The Morgan fingerprint density at radius 3 is 2.29 bits per heavy atom. The van der Waals surface area contributed by atoms with Crippen molar-refractivity contribution in [2.75, 3.05) is 6.54 Å². The second-order valence-electron chi connectivity index (χ2n) is 8.12. The Hall–Kier alpha value is -3.34. The molecule has 0 aliphatic rings. The number of benzene rings is 2. The summed E-state index contributed by atoms with van der Waals surface area (Å²) < 4.78 is 11.6. The molecule has 5 heteroatoms. The second-order valence-corrected chi connectivity index (χ2v) is 8.12. The number of furan rings is 1. The van der Waals surface area contributed by atoms with E-state index < -0.39 is 0 Å². The van der Waals surface area contributed by atoms with E-state index in [1.807, 2.05) is 64.1 Å². The molecule has 0 spiro atoms. The minimum Gasteiger partial charge on any atom is -0.461 e. The highest BCUT2D eigenvalue weighted by molar-refractivity contribution is 6.00. The molecule has 31 heavy (non-hydrogen) atoms.